The van der Waals surface area contributed by atoms with Crippen LogP contribution in [0.25, 0.3) is 0 Å². The SMILES string of the molecule is O=[S-](=S)NCl. The first-order chi connectivity index (χ1) is 2.27. The fourth-order valence-electron chi connectivity index (χ4n) is 0. The lowest BCUT2D eigenvalue weighted by Gasteiger charge is -1.83. The zero-order chi connectivity index (χ0) is 4.28. The van der Waals surface area contributed by atoms with E-state index >= 15 is 0 Å². The molecule has 0 radical (unpaired) electrons. The van der Waals surface area contributed by atoms with E-state index in [-0.39, 0.29) is 0 Å². The van der Waals surface area contributed by atoms with Gasteiger partial charge in [0.25, 0.3) is 0 Å². The van der Waals surface area contributed by atoms with E-state index < -0.39 is 9.54 Å². The predicted molar refractivity (Wildman–Crippen MR) is 24.4 cm³/mol. The maximum Gasteiger partial charge on any atom is -0.0451 e. The van der Waals surface area contributed by atoms with Gasteiger partial charge in [-0.25, -0.2) is 11.2 Å². The third-order valence-corrected chi connectivity index (χ3v) is 1.13. The number of nitrogens with one attached hydrogen (secondary N) is 1. The average Bonchev–Trinajstić information content (AvgIpc) is 1.38. The molecular weight excluding hydrogens is 130 g/mol. The third kappa shape index (κ3) is 4.62. The van der Waals surface area contributed by atoms with Crippen molar-refractivity contribution in [2.75, 3.05) is 0 Å². The molecule has 0 aliphatic heterocycles. The summed E-state index contributed by atoms with van der Waals surface area (Å²) in [5.74, 6) is 0. The van der Waals surface area contributed by atoms with Crippen LogP contribution in [0.5, 0.6) is 0 Å². The summed E-state index contributed by atoms with van der Waals surface area (Å²) in [5, 5.41) is 0. The minimum atomic E-state index is -1.47. The first-order valence-electron chi connectivity index (χ1n) is 0.726. The summed E-state index contributed by atoms with van der Waals surface area (Å²) in [6, 6.07) is 0. The number of hydrogen-bond donors (Lipinski definition) is 1. The second kappa shape index (κ2) is 2.84. The second-order valence-corrected chi connectivity index (χ2v) is 2.31. The average molecular weight is 131 g/mol. The van der Waals surface area contributed by atoms with Crippen molar-refractivity contribution in [2.45, 2.75) is 0 Å². The molecule has 5 heavy (non-hydrogen) atoms. The highest BCUT2D eigenvalue weighted by atomic mass is 35.5. The molecule has 0 aromatic rings. The molecule has 0 aromatic heterocycles. The predicted octanol–water partition coefficient (Wildman–Crippen LogP) is 0.0705. The standard InChI is InChI=1S/ClHNOS2/c1-2-5(3)4/h(H,2,3,4)/q-1. The Hall–Kier alpha value is 0.620. The number of rotatable bonds is 1. The first-order valence-corrected chi connectivity index (χ1v) is 3.18. The van der Waals surface area contributed by atoms with Crippen molar-refractivity contribution in [3.8, 4) is 0 Å². The Morgan fingerprint density at radius 2 is 2.20 bits per heavy atom. The highest BCUT2D eigenvalue weighted by molar-refractivity contribution is 8.21. The highest BCUT2D eigenvalue weighted by Crippen LogP contribution is 1.55. The van der Waals surface area contributed by atoms with Gasteiger partial charge in [-0.05, 0) is 11.8 Å². The van der Waals surface area contributed by atoms with Crippen molar-refractivity contribution in [1.82, 2.24) is 4.24 Å². The summed E-state index contributed by atoms with van der Waals surface area (Å²) in [4.78, 5) is 0. The van der Waals surface area contributed by atoms with Crippen LogP contribution in [0.3, 0.4) is 0 Å². The van der Waals surface area contributed by atoms with E-state index in [1.807, 2.05) is 0 Å². The van der Waals surface area contributed by atoms with E-state index in [1.54, 1.807) is 4.24 Å². The molecule has 0 spiro atoms. The van der Waals surface area contributed by atoms with Crippen molar-refractivity contribution in [2.24, 2.45) is 0 Å². The molecule has 0 bridgehead atoms. The zero-order valence-corrected chi connectivity index (χ0v) is 4.49. The molecule has 5 heteroatoms. The molecule has 0 aliphatic carbocycles. The Kier molecular flexibility index (Phi) is 3.19. The van der Waals surface area contributed by atoms with Crippen molar-refractivity contribution in [1.29, 1.82) is 0 Å². The van der Waals surface area contributed by atoms with Gasteiger partial charge in [-0.15, -0.1) is 9.54 Å². The summed E-state index contributed by atoms with van der Waals surface area (Å²) >= 11 is 8.69. The molecule has 0 fully saturated rings. The quantitative estimate of drug-likeness (QED) is 0.402. The maximum absolute atomic E-state index is 9.50. The molecule has 0 heterocycles. The van der Waals surface area contributed by atoms with Gasteiger partial charge >= 0.3 is 0 Å². The van der Waals surface area contributed by atoms with Gasteiger partial charge in [-0.3, -0.25) is 4.24 Å². The third-order valence-electron chi connectivity index (χ3n) is 0.0630. The van der Waals surface area contributed by atoms with E-state index in [9.17, 15) is 4.21 Å². The van der Waals surface area contributed by atoms with Gasteiger partial charge < -0.3 is 4.21 Å². The van der Waals surface area contributed by atoms with Gasteiger partial charge in [0.1, 0.15) is 0 Å². The van der Waals surface area contributed by atoms with Crippen molar-refractivity contribution in [3.63, 3.8) is 0 Å². The fraction of sp³-hybridized carbons (Fsp3) is 0. The van der Waals surface area contributed by atoms with Gasteiger partial charge in [0, 0.05) is 0 Å². The van der Waals surface area contributed by atoms with Crippen LogP contribution in [-0.2, 0) is 24.9 Å². The topological polar surface area (TPSA) is 29.1 Å². The van der Waals surface area contributed by atoms with Crippen molar-refractivity contribution < 1.29 is 4.21 Å². The molecule has 0 aromatic carbocycles. The lowest BCUT2D eigenvalue weighted by molar-refractivity contribution is 0.603. The molecule has 0 saturated heterocycles. The van der Waals surface area contributed by atoms with Crippen LogP contribution in [0.15, 0.2) is 0 Å². The molecule has 0 unspecified atom stereocenters. The lowest BCUT2D eigenvalue weighted by Crippen LogP contribution is -1.86. The first kappa shape index (κ1) is 5.62. The van der Waals surface area contributed by atoms with Gasteiger partial charge in [0.05, 0.1) is 0 Å². The van der Waals surface area contributed by atoms with Crippen LogP contribution in [0.4, 0.5) is 0 Å². The van der Waals surface area contributed by atoms with Gasteiger partial charge in [0.2, 0.25) is 0 Å². The minimum Gasteiger partial charge on any atom is -0.436 e. The van der Waals surface area contributed by atoms with Gasteiger partial charge in [-0.2, -0.15) is 0 Å². The van der Waals surface area contributed by atoms with Gasteiger partial charge in [0.15, 0.2) is 0 Å². The monoisotopic (exact) mass is 130 g/mol. The van der Waals surface area contributed by atoms with Crippen LogP contribution in [0.2, 0.25) is 0 Å². The maximum atomic E-state index is 9.50. The molecule has 0 amide bonds. The van der Waals surface area contributed by atoms with E-state index in [0.29, 0.717) is 0 Å². The summed E-state index contributed by atoms with van der Waals surface area (Å²) in [7, 11) is -1.47. The Bertz CT molecular complexity index is 67.7. The largest absolute Gasteiger partial charge is 0.436 e. The van der Waals surface area contributed by atoms with E-state index in [2.05, 4.69) is 23.0 Å². The van der Waals surface area contributed by atoms with Crippen LogP contribution in [0, 0.1) is 0 Å². The normalized spacial score (nSPS) is 9.20. The Morgan fingerprint density at radius 1 is 2.00 bits per heavy atom. The van der Waals surface area contributed by atoms with Crippen molar-refractivity contribution in [3.05, 3.63) is 0 Å². The molecule has 0 rings (SSSR count). The Morgan fingerprint density at radius 3 is 2.20 bits per heavy atom. The Labute approximate surface area is 41.5 Å². The lowest BCUT2D eigenvalue weighted by atomic mass is 13.9. The van der Waals surface area contributed by atoms with E-state index in [1.165, 1.54) is 0 Å². The summed E-state index contributed by atoms with van der Waals surface area (Å²) < 4.78 is 11.3. The molecule has 1 N–H and O–H groups in total. The molecular formula is HClNOS2-. The van der Waals surface area contributed by atoms with E-state index in [4.69, 9.17) is 0 Å². The fourth-order valence-corrected chi connectivity index (χ4v) is 0. The zero-order valence-electron chi connectivity index (χ0n) is 2.10. The van der Waals surface area contributed by atoms with Crippen LogP contribution >= 0.6 is 11.8 Å². The highest BCUT2D eigenvalue weighted by Gasteiger charge is 1.42. The molecule has 0 saturated carbocycles. The Balaban J connectivity index is 3.23. The molecule has 2 nitrogen and oxygen atoms in total. The second-order valence-electron chi connectivity index (χ2n) is 0.312. The summed E-state index contributed by atoms with van der Waals surface area (Å²) in [6.45, 7) is 0. The van der Waals surface area contributed by atoms with Crippen molar-refractivity contribution >= 4 is 32.5 Å². The minimum absolute atomic E-state index is 1.47. The van der Waals surface area contributed by atoms with Crippen LogP contribution < -0.4 is 4.24 Å². The molecule has 32 valence electrons. The van der Waals surface area contributed by atoms with Crippen LogP contribution in [-0.4, -0.2) is 0 Å². The van der Waals surface area contributed by atoms with E-state index in [0.717, 1.165) is 0 Å². The number of hydrogen-bond acceptors (Lipinski definition) is 3. The smallest absolute Gasteiger partial charge is 0.0451 e. The van der Waals surface area contributed by atoms with Crippen LogP contribution in [0.1, 0.15) is 0 Å². The molecule has 0 atom stereocenters. The summed E-state index contributed by atoms with van der Waals surface area (Å²) in [6.07, 6.45) is 0. The molecule has 0 aliphatic rings. The van der Waals surface area contributed by atoms with Gasteiger partial charge in [-0.1, -0.05) is 0 Å². The summed E-state index contributed by atoms with van der Waals surface area (Å²) in [5.41, 5.74) is 0. The number of halogens is 1.